The van der Waals surface area contributed by atoms with Gasteiger partial charge in [-0.3, -0.25) is 10.2 Å². The minimum absolute atomic E-state index is 0.0172. The predicted octanol–water partition coefficient (Wildman–Crippen LogP) is 1.03. The second-order valence-electron chi connectivity index (χ2n) is 3.28. The van der Waals surface area contributed by atoms with E-state index in [1.807, 2.05) is 30.3 Å². The molecular weight excluding hydrogens is 206 g/mol. The zero-order valence-corrected chi connectivity index (χ0v) is 8.47. The summed E-state index contributed by atoms with van der Waals surface area (Å²) in [5.41, 5.74) is 3.77. The van der Waals surface area contributed by atoms with Crippen LogP contribution in [0, 0.1) is 0 Å². The van der Waals surface area contributed by atoms with Crippen molar-refractivity contribution in [3.63, 3.8) is 0 Å². The molecule has 0 unspecified atom stereocenters. The highest BCUT2D eigenvalue weighted by Gasteiger charge is 2.19. The highest BCUT2D eigenvalue weighted by atomic mass is 16.3. The normalized spacial score (nSPS) is 15.6. The van der Waals surface area contributed by atoms with Gasteiger partial charge in [-0.25, -0.2) is 0 Å². The Morgan fingerprint density at radius 1 is 1.38 bits per heavy atom. The SMILES string of the molecule is O=C1NCC(O)=C1C=NNc1ccccc1. The molecule has 16 heavy (non-hydrogen) atoms. The summed E-state index contributed by atoms with van der Waals surface area (Å²) in [7, 11) is 0. The van der Waals surface area contributed by atoms with Crippen LogP contribution in [0.2, 0.25) is 0 Å². The van der Waals surface area contributed by atoms with Crippen LogP contribution in [0.3, 0.4) is 0 Å². The molecule has 82 valence electrons. The van der Waals surface area contributed by atoms with E-state index in [2.05, 4.69) is 15.8 Å². The molecule has 3 N–H and O–H groups in total. The maximum Gasteiger partial charge on any atom is 0.256 e. The number of benzene rings is 1. The van der Waals surface area contributed by atoms with Gasteiger partial charge in [0.05, 0.1) is 24.0 Å². The van der Waals surface area contributed by atoms with Crippen molar-refractivity contribution in [1.82, 2.24) is 5.32 Å². The summed E-state index contributed by atoms with van der Waals surface area (Å²) in [5, 5.41) is 15.7. The predicted molar refractivity (Wildman–Crippen MR) is 61.2 cm³/mol. The smallest absolute Gasteiger partial charge is 0.256 e. The largest absolute Gasteiger partial charge is 0.510 e. The monoisotopic (exact) mass is 217 g/mol. The van der Waals surface area contributed by atoms with Gasteiger partial charge >= 0.3 is 0 Å². The Kier molecular flexibility index (Phi) is 2.86. The number of para-hydroxylation sites is 1. The molecule has 0 aromatic heterocycles. The van der Waals surface area contributed by atoms with E-state index in [0.717, 1.165) is 5.69 Å². The van der Waals surface area contributed by atoms with Crippen LogP contribution >= 0.6 is 0 Å². The first-order chi connectivity index (χ1) is 7.77. The molecule has 5 heteroatoms. The average Bonchev–Trinajstić information content (AvgIpc) is 2.62. The van der Waals surface area contributed by atoms with E-state index in [0.29, 0.717) is 0 Å². The number of hydrogen-bond acceptors (Lipinski definition) is 4. The number of hydrazone groups is 1. The molecule has 1 amide bonds. The van der Waals surface area contributed by atoms with E-state index in [-0.39, 0.29) is 23.8 Å². The Morgan fingerprint density at radius 3 is 2.75 bits per heavy atom. The third kappa shape index (κ3) is 2.20. The van der Waals surface area contributed by atoms with Gasteiger partial charge < -0.3 is 10.4 Å². The molecule has 0 fully saturated rings. The Bertz CT molecular complexity index is 452. The van der Waals surface area contributed by atoms with E-state index < -0.39 is 0 Å². The molecule has 0 radical (unpaired) electrons. The first-order valence-corrected chi connectivity index (χ1v) is 4.82. The average molecular weight is 217 g/mol. The number of amides is 1. The molecule has 1 heterocycles. The van der Waals surface area contributed by atoms with Crippen LogP contribution in [0.1, 0.15) is 0 Å². The topological polar surface area (TPSA) is 73.7 Å². The number of anilines is 1. The Labute approximate surface area is 92.5 Å². The first-order valence-electron chi connectivity index (χ1n) is 4.82. The van der Waals surface area contributed by atoms with Gasteiger partial charge in [0.15, 0.2) is 0 Å². The Balaban J connectivity index is 2.01. The van der Waals surface area contributed by atoms with Crippen molar-refractivity contribution in [2.45, 2.75) is 0 Å². The van der Waals surface area contributed by atoms with Crippen LogP contribution in [0.4, 0.5) is 5.69 Å². The van der Waals surface area contributed by atoms with E-state index in [4.69, 9.17) is 0 Å². The van der Waals surface area contributed by atoms with Gasteiger partial charge in [0.1, 0.15) is 5.76 Å². The number of rotatable bonds is 3. The van der Waals surface area contributed by atoms with Crippen LogP contribution in [0.25, 0.3) is 0 Å². The number of nitrogens with zero attached hydrogens (tertiary/aromatic N) is 1. The van der Waals surface area contributed by atoms with Crippen LogP contribution in [0.5, 0.6) is 0 Å². The van der Waals surface area contributed by atoms with Gasteiger partial charge in [-0.2, -0.15) is 5.10 Å². The van der Waals surface area contributed by atoms with Crippen LogP contribution in [0.15, 0.2) is 46.8 Å². The number of carbonyl (C=O) groups excluding carboxylic acids is 1. The highest BCUT2D eigenvalue weighted by Crippen LogP contribution is 2.07. The molecule has 1 aromatic carbocycles. The summed E-state index contributed by atoms with van der Waals surface area (Å²) in [6.07, 6.45) is 1.31. The molecule has 0 aliphatic carbocycles. The number of carbonyl (C=O) groups is 1. The van der Waals surface area contributed by atoms with Crippen molar-refractivity contribution >= 4 is 17.8 Å². The minimum Gasteiger partial charge on any atom is -0.510 e. The number of aliphatic hydroxyl groups excluding tert-OH is 1. The van der Waals surface area contributed by atoms with Crippen LogP contribution < -0.4 is 10.7 Å². The molecule has 0 spiro atoms. The lowest BCUT2D eigenvalue weighted by atomic mass is 10.3. The van der Waals surface area contributed by atoms with E-state index in [1.54, 1.807) is 0 Å². The molecule has 0 atom stereocenters. The minimum atomic E-state index is -0.309. The van der Waals surface area contributed by atoms with Crippen LogP contribution in [-0.2, 0) is 4.79 Å². The molecule has 0 saturated carbocycles. The first kappa shape index (κ1) is 10.2. The lowest BCUT2D eigenvalue weighted by molar-refractivity contribution is -0.116. The van der Waals surface area contributed by atoms with Crippen molar-refractivity contribution in [2.24, 2.45) is 5.10 Å². The van der Waals surface area contributed by atoms with Crippen molar-refractivity contribution in [2.75, 3.05) is 12.0 Å². The van der Waals surface area contributed by atoms with Crippen molar-refractivity contribution in [3.8, 4) is 0 Å². The third-order valence-electron chi connectivity index (χ3n) is 2.13. The van der Waals surface area contributed by atoms with Gasteiger partial charge in [-0.1, -0.05) is 18.2 Å². The van der Waals surface area contributed by atoms with E-state index >= 15 is 0 Å². The zero-order chi connectivity index (χ0) is 11.4. The summed E-state index contributed by atoms with van der Waals surface area (Å²) in [6.45, 7) is 0.172. The summed E-state index contributed by atoms with van der Waals surface area (Å²) in [4.78, 5) is 11.2. The maximum atomic E-state index is 11.2. The fourth-order valence-corrected chi connectivity index (χ4v) is 1.30. The Hall–Kier alpha value is -2.30. The number of hydrogen-bond donors (Lipinski definition) is 3. The van der Waals surface area contributed by atoms with Crippen LogP contribution in [-0.4, -0.2) is 23.8 Å². The second-order valence-corrected chi connectivity index (χ2v) is 3.28. The summed E-state index contributed by atoms with van der Waals surface area (Å²) >= 11 is 0. The summed E-state index contributed by atoms with van der Waals surface area (Å²) in [6, 6.07) is 9.34. The van der Waals surface area contributed by atoms with Crippen molar-refractivity contribution in [3.05, 3.63) is 41.7 Å². The molecule has 1 aliphatic heterocycles. The van der Waals surface area contributed by atoms with Crippen molar-refractivity contribution < 1.29 is 9.90 Å². The summed E-state index contributed by atoms with van der Waals surface area (Å²) < 4.78 is 0. The second kappa shape index (κ2) is 4.48. The van der Waals surface area contributed by atoms with E-state index in [1.165, 1.54) is 6.21 Å². The number of aliphatic hydroxyl groups is 1. The highest BCUT2D eigenvalue weighted by molar-refractivity contribution is 6.14. The zero-order valence-electron chi connectivity index (χ0n) is 8.47. The molecule has 0 bridgehead atoms. The lowest BCUT2D eigenvalue weighted by Crippen LogP contribution is -2.18. The fraction of sp³-hybridized carbons (Fsp3) is 0.0909. The molecule has 5 nitrogen and oxygen atoms in total. The number of nitrogens with one attached hydrogen (secondary N) is 2. The van der Waals surface area contributed by atoms with Crippen molar-refractivity contribution in [1.29, 1.82) is 0 Å². The molecule has 2 rings (SSSR count). The molecule has 1 aromatic rings. The molecule has 1 aliphatic rings. The van der Waals surface area contributed by atoms with Gasteiger partial charge in [0, 0.05) is 0 Å². The standard InChI is InChI=1S/C11H11N3O2/c15-10-7-12-11(16)9(10)6-13-14-8-4-2-1-3-5-8/h1-6,14-15H,7H2,(H,12,16). The Morgan fingerprint density at radius 2 is 2.12 bits per heavy atom. The third-order valence-corrected chi connectivity index (χ3v) is 2.13. The fourth-order valence-electron chi connectivity index (χ4n) is 1.30. The molecular formula is C11H11N3O2. The van der Waals surface area contributed by atoms with Gasteiger partial charge in [-0.15, -0.1) is 0 Å². The lowest BCUT2D eigenvalue weighted by Gasteiger charge is -1.98. The van der Waals surface area contributed by atoms with Gasteiger partial charge in [-0.05, 0) is 12.1 Å². The van der Waals surface area contributed by atoms with Gasteiger partial charge in [0.25, 0.3) is 5.91 Å². The van der Waals surface area contributed by atoms with Gasteiger partial charge in [0.2, 0.25) is 0 Å². The molecule has 0 saturated heterocycles. The quantitative estimate of drug-likeness (QED) is 0.523. The summed E-state index contributed by atoms with van der Waals surface area (Å²) in [5.74, 6) is -0.292. The maximum absolute atomic E-state index is 11.2. The van der Waals surface area contributed by atoms with E-state index in [9.17, 15) is 9.90 Å².